The topological polar surface area (TPSA) is 64.1 Å². The summed E-state index contributed by atoms with van der Waals surface area (Å²) in [5.74, 6) is -0.563. The lowest BCUT2D eigenvalue weighted by atomic mass is 9.93. The van der Waals surface area contributed by atoms with Crippen molar-refractivity contribution in [3.63, 3.8) is 0 Å². The highest BCUT2D eigenvalue weighted by molar-refractivity contribution is 5.81. The average molecular weight is 391 g/mol. The maximum absolute atomic E-state index is 13.1. The second kappa shape index (κ2) is 9.37. The fraction of sp³-hybridized carbons (Fsp3) is 0.619. The lowest BCUT2D eigenvalue weighted by Gasteiger charge is -2.41. The number of nitrogens with zero attached hydrogens (tertiary/aromatic N) is 3. The van der Waals surface area contributed by atoms with E-state index in [1.54, 1.807) is 12.1 Å². The molecular formula is C21H30FN3O3. The minimum atomic E-state index is -0.768. The van der Waals surface area contributed by atoms with Crippen LogP contribution in [0.3, 0.4) is 0 Å². The van der Waals surface area contributed by atoms with Gasteiger partial charge in [0.05, 0.1) is 6.04 Å². The second-order valence-corrected chi connectivity index (χ2v) is 7.90. The molecule has 0 aliphatic carbocycles. The summed E-state index contributed by atoms with van der Waals surface area (Å²) in [7, 11) is 0. The van der Waals surface area contributed by atoms with E-state index < -0.39 is 5.97 Å². The Morgan fingerprint density at radius 3 is 2.46 bits per heavy atom. The molecule has 0 saturated carbocycles. The van der Waals surface area contributed by atoms with E-state index in [0.29, 0.717) is 13.0 Å². The monoisotopic (exact) mass is 391 g/mol. The molecule has 0 radical (unpaired) electrons. The van der Waals surface area contributed by atoms with E-state index >= 15 is 0 Å². The number of carboxylic acid groups (broad SMARTS) is 1. The van der Waals surface area contributed by atoms with Gasteiger partial charge in [-0.3, -0.25) is 14.5 Å². The fourth-order valence-electron chi connectivity index (χ4n) is 4.27. The SMILES string of the molecule is CC(C(=O)N1CCCC(CCC(=O)O)C1)N1CCN(c2ccc(F)cc2)CC1. The van der Waals surface area contributed by atoms with Gasteiger partial charge in [0.25, 0.3) is 0 Å². The van der Waals surface area contributed by atoms with Crippen LogP contribution in [-0.4, -0.2) is 72.1 Å². The van der Waals surface area contributed by atoms with Crippen LogP contribution in [0.25, 0.3) is 0 Å². The van der Waals surface area contributed by atoms with Crippen LogP contribution in [-0.2, 0) is 9.59 Å². The van der Waals surface area contributed by atoms with Crippen molar-refractivity contribution >= 4 is 17.6 Å². The summed E-state index contributed by atoms with van der Waals surface area (Å²) in [6, 6.07) is 6.37. The number of amides is 1. The van der Waals surface area contributed by atoms with Crippen LogP contribution in [0.5, 0.6) is 0 Å². The molecule has 0 bridgehead atoms. The van der Waals surface area contributed by atoms with Gasteiger partial charge in [-0.25, -0.2) is 4.39 Å². The Morgan fingerprint density at radius 1 is 1.14 bits per heavy atom. The van der Waals surface area contributed by atoms with Gasteiger partial charge in [0.2, 0.25) is 5.91 Å². The predicted molar refractivity (Wildman–Crippen MR) is 106 cm³/mol. The van der Waals surface area contributed by atoms with Gasteiger partial charge in [-0.2, -0.15) is 0 Å². The largest absolute Gasteiger partial charge is 0.481 e. The quantitative estimate of drug-likeness (QED) is 0.807. The summed E-state index contributed by atoms with van der Waals surface area (Å²) in [5, 5.41) is 8.89. The number of likely N-dealkylation sites (tertiary alicyclic amines) is 1. The fourth-order valence-corrected chi connectivity index (χ4v) is 4.27. The highest BCUT2D eigenvalue weighted by Gasteiger charge is 2.31. The highest BCUT2D eigenvalue weighted by Crippen LogP contribution is 2.23. The number of aliphatic carboxylic acids is 1. The number of benzene rings is 1. The first-order valence-corrected chi connectivity index (χ1v) is 10.2. The van der Waals surface area contributed by atoms with Gasteiger partial charge in [0.1, 0.15) is 5.82 Å². The normalized spacial score (nSPS) is 22.1. The van der Waals surface area contributed by atoms with Crippen molar-refractivity contribution in [3.8, 4) is 0 Å². The molecule has 7 heteroatoms. The van der Waals surface area contributed by atoms with Crippen molar-refractivity contribution < 1.29 is 19.1 Å². The molecule has 154 valence electrons. The maximum Gasteiger partial charge on any atom is 0.303 e. The Hall–Kier alpha value is -2.15. The Bertz CT molecular complexity index is 674. The van der Waals surface area contributed by atoms with Gasteiger partial charge >= 0.3 is 5.97 Å². The summed E-state index contributed by atoms with van der Waals surface area (Å²) in [4.78, 5) is 30.1. The zero-order valence-corrected chi connectivity index (χ0v) is 16.5. The molecule has 1 N–H and O–H groups in total. The van der Waals surface area contributed by atoms with Crippen LogP contribution >= 0.6 is 0 Å². The molecule has 6 nitrogen and oxygen atoms in total. The molecule has 28 heavy (non-hydrogen) atoms. The molecule has 2 aliphatic heterocycles. The third-order valence-corrected chi connectivity index (χ3v) is 6.01. The number of hydrogen-bond acceptors (Lipinski definition) is 4. The zero-order chi connectivity index (χ0) is 20.1. The summed E-state index contributed by atoms with van der Waals surface area (Å²) >= 11 is 0. The van der Waals surface area contributed by atoms with E-state index in [1.807, 2.05) is 11.8 Å². The molecule has 0 spiro atoms. The molecule has 2 heterocycles. The highest BCUT2D eigenvalue weighted by atomic mass is 19.1. The van der Waals surface area contributed by atoms with Gasteiger partial charge in [0.15, 0.2) is 0 Å². The van der Waals surface area contributed by atoms with E-state index in [2.05, 4.69) is 9.80 Å². The third-order valence-electron chi connectivity index (χ3n) is 6.01. The zero-order valence-electron chi connectivity index (χ0n) is 16.5. The Labute approximate surface area is 165 Å². The van der Waals surface area contributed by atoms with E-state index in [4.69, 9.17) is 5.11 Å². The first kappa shape index (κ1) is 20.6. The summed E-state index contributed by atoms with van der Waals surface area (Å²) in [5.41, 5.74) is 1.01. The first-order chi connectivity index (χ1) is 13.4. The summed E-state index contributed by atoms with van der Waals surface area (Å²) < 4.78 is 13.1. The average Bonchev–Trinajstić information content (AvgIpc) is 2.72. The van der Waals surface area contributed by atoms with Gasteiger partial charge in [-0.15, -0.1) is 0 Å². The number of carboxylic acids is 1. The molecule has 0 aromatic heterocycles. The van der Waals surface area contributed by atoms with Crippen LogP contribution in [0.1, 0.15) is 32.6 Å². The number of carbonyl (C=O) groups is 2. The standard InChI is InChI=1S/C21H30FN3O3/c1-16(21(28)25-10-2-3-17(15-25)4-9-20(26)27)23-11-13-24(14-12-23)19-7-5-18(22)6-8-19/h5-8,16-17H,2-4,9-15H2,1H3,(H,26,27). The molecule has 2 fully saturated rings. The van der Waals surface area contributed by atoms with E-state index in [1.165, 1.54) is 12.1 Å². The van der Waals surface area contributed by atoms with E-state index in [0.717, 1.165) is 51.3 Å². The van der Waals surface area contributed by atoms with Crippen LogP contribution in [0.15, 0.2) is 24.3 Å². The van der Waals surface area contributed by atoms with Crippen molar-refractivity contribution in [3.05, 3.63) is 30.1 Å². The number of piperazine rings is 1. The van der Waals surface area contributed by atoms with Crippen molar-refractivity contribution in [1.82, 2.24) is 9.80 Å². The van der Waals surface area contributed by atoms with Crippen LogP contribution < -0.4 is 4.90 Å². The smallest absolute Gasteiger partial charge is 0.303 e. The molecule has 2 atom stereocenters. The molecule has 3 rings (SSSR count). The molecule has 2 unspecified atom stereocenters. The lowest BCUT2D eigenvalue weighted by Crippen LogP contribution is -2.55. The van der Waals surface area contributed by atoms with Crippen molar-refractivity contribution in [2.75, 3.05) is 44.2 Å². The lowest BCUT2D eigenvalue weighted by molar-refractivity contribution is -0.138. The number of rotatable bonds is 6. The number of piperidine rings is 1. The van der Waals surface area contributed by atoms with Gasteiger partial charge in [-0.05, 0) is 56.4 Å². The molecular weight excluding hydrogens is 361 g/mol. The van der Waals surface area contributed by atoms with Gasteiger partial charge in [0, 0.05) is 51.4 Å². The Balaban J connectivity index is 1.50. The van der Waals surface area contributed by atoms with Crippen molar-refractivity contribution in [2.24, 2.45) is 5.92 Å². The number of anilines is 1. The van der Waals surface area contributed by atoms with Gasteiger partial charge < -0.3 is 14.9 Å². The molecule has 1 aromatic carbocycles. The molecule has 2 aliphatic rings. The minimum absolute atomic E-state index is 0.148. The number of carbonyl (C=O) groups excluding carboxylic acids is 1. The number of hydrogen-bond donors (Lipinski definition) is 1. The van der Waals surface area contributed by atoms with Crippen LogP contribution in [0, 0.1) is 11.7 Å². The van der Waals surface area contributed by atoms with Crippen molar-refractivity contribution in [1.29, 1.82) is 0 Å². The summed E-state index contributed by atoms with van der Waals surface area (Å²) in [6.07, 6.45) is 2.76. The van der Waals surface area contributed by atoms with E-state index in [9.17, 15) is 14.0 Å². The van der Waals surface area contributed by atoms with Crippen LogP contribution in [0.4, 0.5) is 10.1 Å². The second-order valence-electron chi connectivity index (χ2n) is 7.90. The molecule has 1 amide bonds. The first-order valence-electron chi connectivity index (χ1n) is 10.2. The maximum atomic E-state index is 13.1. The van der Waals surface area contributed by atoms with E-state index in [-0.39, 0.29) is 30.1 Å². The predicted octanol–water partition coefficient (Wildman–Crippen LogP) is 2.44. The van der Waals surface area contributed by atoms with Gasteiger partial charge in [-0.1, -0.05) is 0 Å². The minimum Gasteiger partial charge on any atom is -0.481 e. The molecule has 2 saturated heterocycles. The Morgan fingerprint density at radius 2 is 1.82 bits per heavy atom. The van der Waals surface area contributed by atoms with Crippen molar-refractivity contribution in [2.45, 2.75) is 38.6 Å². The van der Waals surface area contributed by atoms with Crippen LogP contribution in [0.2, 0.25) is 0 Å². The summed E-state index contributed by atoms with van der Waals surface area (Å²) in [6.45, 7) is 6.61. The Kier molecular flexibility index (Phi) is 6.88. The third kappa shape index (κ3) is 5.22. The number of halogens is 1. The molecule has 1 aromatic rings.